The lowest BCUT2D eigenvalue weighted by Gasteiger charge is -2.21. The SMILES string of the molecule is CCc1ccc(C(Br)C2CCOC2C)cc1. The molecule has 0 bridgehead atoms. The fourth-order valence-electron chi connectivity index (χ4n) is 2.32. The van der Waals surface area contributed by atoms with Gasteiger partial charge in [0.25, 0.3) is 0 Å². The van der Waals surface area contributed by atoms with E-state index < -0.39 is 0 Å². The fraction of sp³-hybridized carbons (Fsp3) is 0.571. The Kier molecular flexibility index (Phi) is 4.04. The number of alkyl halides is 1. The molecule has 2 heteroatoms. The highest BCUT2D eigenvalue weighted by Gasteiger charge is 2.31. The summed E-state index contributed by atoms with van der Waals surface area (Å²) in [4.78, 5) is 0.427. The summed E-state index contributed by atoms with van der Waals surface area (Å²) < 4.78 is 5.62. The molecular weight excluding hydrogens is 264 g/mol. The summed E-state index contributed by atoms with van der Waals surface area (Å²) in [6.45, 7) is 5.26. The zero-order valence-corrected chi connectivity index (χ0v) is 11.5. The van der Waals surface area contributed by atoms with Crippen LogP contribution in [0.3, 0.4) is 0 Å². The van der Waals surface area contributed by atoms with Gasteiger partial charge in [0.2, 0.25) is 0 Å². The first-order valence-electron chi connectivity index (χ1n) is 6.07. The number of hydrogen-bond acceptors (Lipinski definition) is 1. The predicted molar refractivity (Wildman–Crippen MR) is 71.0 cm³/mol. The summed E-state index contributed by atoms with van der Waals surface area (Å²) in [6.07, 6.45) is 2.64. The molecule has 1 heterocycles. The molecule has 2 rings (SSSR count). The number of benzene rings is 1. The molecule has 3 atom stereocenters. The maximum absolute atomic E-state index is 5.62. The van der Waals surface area contributed by atoms with Crippen molar-refractivity contribution in [2.24, 2.45) is 5.92 Å². The summed E-state index contributed by atoms with van der Waals surface area (Å²) in [7, 11) is 0. The molecule has 1 aromatic carbocycles. The standard InChI is InChI=1S/C14H19BrO/c1-3-11-4-6-12(7-5-11)14(15)13-8-9-16-10(13)2/h4-7,10,13-14H,3,8-9H2,1-2H3. The molecule has 88 valence electrons. The van der Waals surface area contributed by atoms with Gasteiger partial charge in [0, 0.05) is 17.4 Å². The lowest BCUT2D eigenvalue weighted by molar-refractivity contribution is 0.105. The van der Waals surface area contributed by atoms with Crippen LogP contribution in [-0.2, 0) is 11.2 Å². The maximum atomic E-state index is 5.62. The molecule has 0 spiro atoms. The maximum Gasteiger partial charge on any atom is 0.0589 e. The second-order valence-corrected chi connectivity index (χ2v) is 5.51. The summed E-state index contributed by atoms with van der Waals surface area (Å²) in [5.41, 5.74) is 2.78. The second-order valence-electron chi connectivity index (χ2n) is 4.53. The number of aryl methyl sites for hydroxylation is 1. The van der Waals surface area contributed by atoms with Crippen LogP contribution in [0.5, 0.6) is 0 Å². The van der Waals surface area contributed by atoms with Crippen LogP contribution in [-0.4, -0.2) is 12.7 Å². The molecule has 0 saturated carbocycles. The average molecular weight is 283 g/mol. The van der Waals surface area contributed by atoms with E-state index in [0.29, 0.717) is 16.8 Å². The molecule has 0 radical (unpaired) electrons. The minimum absolute atomic E-state index is 0.371. The van der Waals surface area contributed by atoms with E-state index in [4.69, 9.17) is 4.74 Å². The number of hydrogen-bond donors (Lipinski definition) is 0. The van der Waals surface area contributed by atoms with Crippen molar-refractivity contribution >= 4 is 15.9 Å². The zero-order chi connectivity index (χ0) is 11.5. The average Bonchev–Trinajstić information content (AvgIpc) is 2.75. The Labute approximate surface area is 106 Å². The quantitative estimate of drug-likeness (QED) is 0.758. The summed E-state index contributed by atoms with van der Waals surface area (Å²) >= 11 is 3.82. The van der Waals surface area contributed by atoms with Crippen LogP contribution in [0.2, 0.25) is 0 Å². The third-order valence-corrected chi connectivity index (χ3v) is 4.72. The van der Waals surface area contributed by atoms with Crippen LogP contribution in [0, 0.1) is 5.92 Å². The van der Waals surface area contributed by atoms with E-state index in [1.807, 2.05) is 0 Å². The van der Waals surface area contributed by atoms with Crippen LogP contribution in [0.25, 0.3) is 0 Å². The minimum atomic E-state index is 0.371. The second kappa shape index (κ2) is 5.33. The van der Waals surface area contributed by atoms with E-state index in [0.717, 1.165) is 19.4 Å². The van der Waals surface area contributed by atoms with Crippen LogP contribution in [0.15, 0.2) is 24.3 Å². The van der Waals surface area contributed by atoms with Crippen molar-refractivity contribution in [3.8, 4) is 0 Å². The zero-order valence-electron chi connectivity index (χ0n) is 9.95. The van der Waals surface area contributed by atoms with Gasteiger partial charge in [-0.2, -0.15) is 0 Å². The van der Waals surface area contributed by atoms with E-state index in [1.165, 1.54) is 11.1 Å². The third-order valence-electron chi connectivity index (χ3n) is 3.52. The van der Waals surface area contributed by atoms with Crippen LogP contribution in [0.1, 0.15) is 36.2 Å². The van der Waals surface area contributed by atoms with Crippen LogP contribution >= 0.6 is 15.9 Å². The lowest BCUT2D eigenvalue weighted by atomic mass is 9.93. The number of halogens is 1. The minimum Gasteiger partial charge on any atom is -0.378 e. The van der Waals surface area contributed by atoms with Gasteiger partial charge >= 0.3 is 0 Å². The van der Waals surface area contributed by atoms with E-state index in [2.05, 4.69) is 54.0 Å². The smallest absolute Gasteiger partial charge is 0.0589 e. The van der Waals surface area contributed by atoms with Crippen molar-refractivity contribution < 1.29 is 4.74 Å². The van der Waals surface area contributed by atoms with E-state index in [-0.39, 0.29) is 0 Å². The van der Waals surface area contributed by atoms with Crippen molar-refractivity contribution in [2.45, 2.75) is 37.6 Å². The van der Waals surface area contributed by atoms with Gasteiger partial charge in [-0.05, 0) is 30.9 Å². The summed E-state index contributed by atoms with van der Waals surface area (Å²) in [5, 5.41) is 0. The first-order chi connectivity index (χ1) is 7.72. The molecule has 1 saturated heterocycles. The van der Waals surface area contributed by atoms with Crippen molar-refractivity contribution in [3.05, 3.63) is 35.4 Å². The van der Waals surface area contributed by atoms with Crippen LogP contribution in [0.4, 0.5) is 0 Å². The Bertz CT molecular complexity index is 333. The molecule has 0 aromatic heterocycles. The van der Waals surface area contributed by atoms with Crippen molar-refractivity contribution in [3.63, 3.8) is 0 Å². The first kappa shape index (κ1) is 12.1. The van der Waals surface area contributed by atoms with Gasteiger partial charge in [-0.25, -0.2) is 0 Å². The third kappa shape index (κ3) is 2.49. The molecule has 1 nitrogen and oxygen atoms in total. The largest absolute Gasteiger partial charge is 0.378 e. The molecule has 1 aliphatic rings. The van der Waals surface area contributed by atoms with E-state index in [1.54, 1.807) is 0 Å². The van der Waals surface area contributed by atoms with Crippen molar-refractivity contribution in [1.82, 2.24) is 0 Å². The number of rotatable bonds is 3. The predicted octanol–water partition coefficient (Wildman–Crippen LogP) is 4.11. The normalized spacial score (nSPS) is 26.9. The highest BCUT2D eigenvalue weighted by atomic mass is 79.9. The van der Waals surface area contributed by atoms with Gasteiger partial charge in [0.15, 0.2) is 0 Å². The summed E-state index contributed by atoms with van der Waals surface area (Å²) in [6, 6.07) is 8.93. The molecule has 0 aliphatic carbocycles. The number of ether oxygens (including phenoxy) is 1. The molecular formula is C14H19BrO. The Hall–Kier alpha value is -0.340. The Morgan fingerprint density at radius 3 is 2.56 bits per heavy atom. The van der Waals surface area contributed by atoms with Gasteiger partial charge in [0.1, 0.15) is 0 Å². The van der Waals surface area contributed by atoms with Gasteiger partial charge < -0.3 is 4.74 Å². The summed E-state index contributed by atoms with van der Waals surface area (Å²) in [5.74, 6) is 0.604. The molecule has 1 aliphatic heterocycles. The van der Waals surface area contributed by atoms with Gasteiger partial charge in [-0.1, -0.05) is 47.1 Å². The molecule has 3 unspecified atom stereocenters. The van der Waals surface area contributed by atoms with Gasteiger partial charge in [-0.15, -0.1) is 0 Å². The monoisotopic (exact) mass is 282 g/mol. The molecule has 16 heavy (non-hydrogen) atoms. The molecule has 0 amide bonds. The Morgan fingerprint density at radius 2 is 2.06 bits per heavy atom. The molecule has 1 fully saturated rings. The Morgan fingerprint density at radius 1 is 1.38 bits per heavy atom. The molecule has 1 aromatic rings. The highest BCUT2D eigenvalue weighted by molar-refractivity contribution is 9.09. The van der Waals surface area contributed by atoms with E-state index >= 15 is 0 Å². The lowest BCUT2D eigenvalue weighted by Crippen LogP contribution is -2.16. The first-order valence-corrected chi connectivity index (χ1v) is 6.98. The van der Waals surface area contributed by atoms with Crippen molar-refractivity contribution in [2.75, 3.05) is 6.61 Å². The Balaban J connectivity index is 2.10. The van der Waals surface area contributed by atoms with E-state index in [9.17, 15) is 0 Å². The topological polar surface area (TPSA) is 9.23 Å². The van der Waals surface area contributed by atoms with Crippen molar-refractivity contribution in [1.29, 1.82) is 0 Å². The van der Waals surface area contributed by atoms with Crippen LogP contribution < -0.4 is 0 Å². The highest BCUT2D eigenvalue weighted by Crippen LogP contribution is 2.39. The molecule has 0 N–H and O–H groups in total. The fourth-order valence-corrected chi connectivity index (χ4v) is 3.32. The van der Waals surface area contributed by atoms with Gasteiger partial charge in [0.05, 0.1) is 6.10 Å². The van der Waals surface area contributed by atoms with Gasteiger partial charge in [-0.3, -0.25) is 0 Å².